The van der Waals surface area contributed by atoms with E-state index >= 15 is 0 Å². The number of anilines is 1. The molecule has 1 fully saturated rings. The Balaban J connectivity index is 1.56. The van der Waals surface area contributed by atoms with Gasteiger partial charge in [-0.2, -0.15) is 0 Å². The molecule has 3 rings (SSSR count). The van der Waals surface area contributed by atoms with Crippen LogP contribution in [0.5, 0.6) is 0 Å². The molecule has 2 aromatic carbocycles. The van der Waals surface area contributed by atoms with Crippen LogP contribution in [0.25, 0.3) is 0 Å². The zero-order chi connectivity index (χ0) is 19.4. The Kier molecular flexibility index (Phi) is 5.76. The Morgan fingerprint density at radius 3 is 2.37 bits per heavy atom. The van der Waals surface area contributed by atoms with Crippen LogP contribution in [0.1, 0.15) is 29.3 Å². The predicted molar refractivity (Wildman–Crippen MR) is 103 cm³/mol. The van der Waals surface area contributed by atoms with Crippen LogP contribution < -0.4 is 15.8 Å². The number of nitrogens with zero attached hydrogens (tertiary/aromatic N) is 1. The molecule has 140 valence electrons. The molecule has 0 aliphatic carbocycles. The summed E-state index contributed by atoms with van der Waals surface area (Å²) < 4.78 is 0. The number of nitrogens with one attached hydrogen (secondary N) is 2. The molecule has 2 aromatic rings. The third-order valence-corrected chi connectivity index (χ3v) is 4.81. The minimum atomic E-state index is -0.520. The molecule has 0 radical (unpaired) electrons. The molecule has 7 heteroatoms. The maximum absolute atomic E-state index is 12.3. The van der Waals surface area contributed by atoms with E-state index in [1.54, 1.807) is 29.2 Å². The van der Waals surface area contributed by atoms with Crippen LogP contribution in [-0.4, -0.2) is 24.3 Å². The maximum Gasteiger partial charge on any atom is 0.269 e. The second-order valence-electron chi connectivity index (χ2n) is 6.38. The number of halogens is 1. The third-order valence-electron chi connectivity index (χ3n) is 4.56. The van der Waals surface area contributed by atoms with Crippen LogP contribution in [0, 0.1) is 5.92 Å². The molecule has 0 aromatic heterocycles. The van der Waals surface area contributed by atoms with Crippen molar-refractivity contribution in [2.24, 2.45) is 5.92 Å². The predicted octanol–water partition coefficient (Wildman–Crippen LogP) is 2.72. The van der Waals surface area contributed by atoms with E-state index in [2.05, 4.69) is 17.8 Å². The van der Waals surface area contributed by atoms with Crippen molar-refractivity contribution in [1.29, 1.82) is 0 Å². The van der Waals surface area contributed by atoms with Crippen LogP contribution in [0.15, 0.2) is 48.5 Å². The Morgan fingerprint density at radius 2 is 1.74 bits per heavy atom. The highest BCUT2D eigenvalue weighted by Gasteiger charge is 2.35. The Hall–Kier alpha value is -2.86. The summed E-state index contributed by atoms with van der Waals surface area (Å²) in [6.07, 6.45) is 1.03. The molecule has 1 atom stereocenters. The van der Waals surface area contributed by atoms with E-state index in [0.717, 1.165) is 12.1 Å². The summed E-state index contributed by atoms with van der Waals surface area (Å²) in [5, 5.41) is 0.520. The van der Waals surface area contributed by atoms with E-state index in [0.29, 0.717) is 10.6 Å². The third kappa shape index (κ3) is 4.46. The van der Waals surface area contributed by atoms with Gasteiger partial charge in [0.25, 0.3) is 5.91 Å². The molecular formula is C20H20ClN3O3. The molecule has 1 saturated heterocycles. The second kappa shape index (κ2) is 8.22. The monoisotopic (exact) mass is 385 g/mol. The first-order chi connectivity index (χ1) is 13.0. The van der Waals surface area contributed by atoms with Gasteiger partial charge in [0, 0.05) is 29.2 Å². The van der Waals surface area contributed by atoms with Gasteiger partial charge in [-0.05, 0) is 48.4 Å². The number of carbonyl (C=O) groups excluding carboxylic acids is 3. The molecule has 0 saturated carbocycles. The fourth-order valence-electron chi connectivity index (χ4n) is 2.94. The van der Waals surface area contributed by atoms with E-state index in [-0.39, 0.29) is 18.9 Å². The van der Waals surface area contributed by atoms with Gasteiger partial charge in [0.15, 0.2) is 0 Å². The van der Waals surface area contributed by atoms with Crippen LogP contribution in [0.4, 0.5) is 5.69 Å². The van der Waals surface area contributed by atoms with Crippen LogP contribution in [0.3, 0.4) is 0 Å². The number of benzene rings is 2. The SMILES string of the molecule is CCc1ccc(N2C[C@H](C(=O)NNC(=O)c3ccc(Cl)cc3)CC2=O)cc1. The van der Waals surface area contributed by atoms with Crippen molar-refractivity contribution in [2.75, 3.05) is 11.4 Å². The fraction of sp³-hybridized carbons (Fsp3) is 0.250. The molecule has 1 aliphatic rings. The molecule has 0 spiro atoms. The summed E-state index contributed by atoms with van der Waals surface area (Å²) in [6.45, 7) is 2.35. The Labute approximate surface area is 162 Å². The number of aryl methyl sites for hydroxylation is 1. The molecule has 0 bridgehead atoms. The van der Waals surface area contributed by atoms with Crippen molar-refractivity contribution in [3.05, 3.63) is 64.7 Å². The van der Waals surface area contributed by atoms with Gasteiger partial charge in [0.05, 0.1) is 5.92 Å². The Bertz CT molecular complexity index is 850. The molecule has 1 heterocycles. The van der Waals surface area contributed by atoms with Gasteiger partial charge < -0.3 is 4.90 Å². The van der Waals surface area contributed by atoms with E-state index in [9.17, 15) is 14.4 Å². The average Bonchev–Trinajstić information content (AvgIpc) is 3.08. The first-order valence-electron chi connectivity index (χ1n) is 8.73. The highest BCUT2D eigenvalue weighted by molar-refractivity contribution is 6.30. The average molecular weight is 386 g/mol. The number of hydrazine groups is 1. The van der Waals surface area contributed by atoms with E-state index in [1.165, 1.54) is 5.56 Å². The maximum atomic E-state index is 12.3. The zero-order valence-electron chi connectivity index (χ0n) is 14.9. The minimum Gasteiger partial charge on any atom is -0.312 e. The lowest BCUT2D eigenvalue weighted by atomic mass is 10.1. The number of amides is 3. The first-order valence-corrected chi connectivity index (χ1v) is 9.10. The summed E-state index contributed by atoms with van der Waals surface area (Å²) in [7, 11) is 0. The molecule has 2 N–H and O–H groups in total. The van der Waals surface area contributed by atoms with Crippen molar-refractivity contribution >= 4 is 35.0 Å². The van der Waals surface area contributed by atoms with Gasteiger partial charge in [-0.1, -0.05) is 30.7 Å². The molecular weight excluding hydrogens is 366 g/mol. The number of hydrogen-bond donors (Lipinski definition) is 2. The molecule has 6 nitrogen and oxygen atoms in total. The van der Waals surface area contributed by atoms with Gasteiger partial charge in [0.1, 0.15) is 0 Å². The molecule has 1 aliphatic heterocycles. The number of carbonyl (C=O) groups is 3. The van der Waals surface area contributed by atoms with E-state index < -0.39 is 17.7 Å². The molecule has 0 unspecified atom stereocenters. The standard InChI is InChI=1S/C20H20ClN3O3/c1-2-13-3-9-17(10-4-13)24-12-15(11-18(24)25)20(27)23-22-19(26)14-5-7-16(21)8-6-14/h3-10,15H,2,11-12H2,1H3,(H,22,26)(H,23,27)/t15-/m1/s1. The summed E-state index contributed by atoms with van der Waals surface area (Å²) >= 11 is 5.79. The molecule has 27 heavy (non-hydrogen) atoms. The van der Waals surface area contributed by atoms with Gasteiger partial charge >= 0.3 is 0 Å². The fourth-order valence-corrected chi connectivity index (χ4v) is 3.06. The summed E-state index contributed by atoms with van der Waals surface area (Å²) in [6, 6.07) is 14.0. The normalized spacial score (nSPS) is 16.3. The lowest BCUT2D eigenvalue weighted by Crippen LogP contribution is -2.45. The number of hydrogen-bond acceptors (Lipinski definition) is 3. The minimum absolute atomic E-state index is 0.108. The highest BCUT2D eigenvalue weighted by atomic mass is 35.5. The second-order valence-corrected chi connectivity index (χ2v) is 6.81. The first kappa shape index (κ1) is 18.9. The van der Waals surface area contributed by atoms with Gasteiger partial charge in [-0.3, -0.25) is 25.2 Å². The van der Waals surface area contributed by atoms with Gasteiger partial charge in [-0.25, -0.2) is 0 Å². The van der Waals surface area contributed by atoms with Crippen LogP contribution >= 0.6 is 11.6 Å². The topological polar surface area (TPSA) is 78.5 Å². The molecule has 3 amide bonds. The Morgan fingerprint density at radius 1 is 1.07 bits per heavy atom. The largest absolute Gasteiger partial charge is 0.312 e. The van der Waals surface area contributed by atoms with Gasteiger partial charge in [0.2, 0.25) is 11.8 Å². The van der Waals surface area contributed by atoms with Crippen molar-refractivity contribution in [3.8, 4) is 0 Å². The van der Waals surface area contributed by atoms with E-state index in [1.807, 2.05) is 24.3 Å². The van der Waals surface area contributed by atoms with Crippen LogP contribution in [-0.2, 0) is 16.0 Å². The van der Waals surface area contributed by atoms with Crippen molar-refractivity contribution < 1.29 is 14.4 Å². The van der Waals surface area contributed by atoms with Crippen molar-refractivity contribution in [2.45, 2.75) is 19.8 Å². The summed E-state index contributed by atoms with van der Waals surface area (Å²) in [5.74, 6) is -1.47. The lowest BCUT2D eigenvalue weighted by Gasteiger charge is -2.17. The van der Waals surface area contributed by atoms with Crippen LogP contribution in [0.2, 0.25) is 5.02 Å². The van der Waals surface area contributed by atoms with Crippen molar-refractivity contribution in [1.82, 2.24) is 10.9 Å². The zero-order valence-corrected chi connectivity index (χ0v) is 15.6. The van der Waals surface area contributed by atoms with E-state index in [4.69, 9.17) is 11.6 Å². The van der Waals surface area contributed by atoms with Crippen molar-refractivity contribution in [3.63, 3.8) is 0 Å². The lowest BCUT2D eigenvalue weighted by molar-refractivity contribution is -0.126. The highest BCUT2D eigenvalue weighted by Crippen LogP contribution is 2.25. The quantitative estimate of drug-likeness (QED) is 0.794. The smallest absolute Gasteiger partial charge is 0.269 e. The summed E-state index contributed by atoms with van der Waals surface area (Å²) in [5.41, 5.74) is 7.10. The summed E-state index contributed by atoms with van der Waals surface area (Å²) in [4.78, 5) is 38.3. The van der Waals surface area contributed by atoms with Gasteiger partial charge in [-0.15, -0.1) is 0 Å². The number of rotatable bonds is 4.